The lowest BCUT2D eigenvalue weighted by atomic mass is 9.70. The van der Waals surface area contributed by atoms with Crippen molar-refractivity contribution in [2.75, 3.05) is 19.4 Å². The molecule has 246 valence electrons. The Labute approximate surface area is 273 Å². The average molecular weight is 660 g/mol. The van der Waals surface area contributed by atoms with Crippen molar-refractivity contribution in [1.29, 1.82) is 0 Å². The van der Waals surface area contributed by atoms with Crippen molar-refractivity contribution in [1.82, 2.24) is 24.8 Å². The molecular weight excluding hydrogens is 614 g/mol. The Morgan fingerprint density at radius 1 is 1.24 bits per heavy atom. The fourth-order valence-electron chi connectivity index (χ4n) is 8.36. The summed E-state index contributed by atoms with van der Waals surface area (Å²) < 4.78 is 8.39. The summed E-state index contributed by atoms with van der Waals surface area (Å²) in [6.45, 7) is 5.56. The van der Waals surface area contributed by atoms with E-state index < -0.39 is 5.97 Å². The van der Waals surface area contributed by atoms with Gasteiger partial charge in [0, 0.05) is 58.9 Å². The van der Waals surface area contributed by atoms with Crippen LogP contribution in [0.1, 0.15) is 61.7 Å². The third-order valence-electron chi connectivity index (χ3n) is 10.7. The number of fused-ring (bicyclic) bond motifs is 2. The number of aryl methyl sites for hydroxylation is 2. The highest BCUT2D eigenvalue weighted by Gasteiger charge is 2.51. The predicted octanol–water partition coefficient (Wildman–Crippen LogP) is 3.20. The number of thioether (sulfide) groups is 1. The minimum absolute atomic E-state index is 0.0217. The summed E-state index contributed by atoms with van der Waals surface area (Å²) in [5.74, 6) is 0.871. The van der Waals surface area contributed by atoms with Crippen LogP contribution in [-0.4, -0.2) is 84.8 Å². The quantitative estimate of drug-likeness (QED) is 0.348. The molecule has 0 radical (unpaired) electrons. The predicted molar refractivity (Wildman–Crippen MR) is 176 cm³/mol. The zero-order valence-corrected chi connectivity index (χ0v) is 28.0. The van der Waals surface area contributed by atoms with Crippen LogP contribution in [0.2, 0.25) is 0 Å². The largest absolute Gasteiger partial charge is 0.481 e. The monoisotopic (exact) mass is 659 g/mol. The Morgan fingerprint density at radius 3 is 2.84 bits per heavy atom. The minimum atomic E-state index is -0.716. The lowest BCUT2D eigenvalue weighted by Crippen LogP contribution is -2.57. The molecule has 0 bridgehead atoms. The van der Waals surface area contributed by atoms with E-state index in [1.54, 1.807) is 28.6 Å². The standard InChI is InChI=1S/C33H46ClN5O5S/c1-18-12-24(31-30(36-18)26(17-45-31)33(42)43)23-14-21(34)4-7-28(23)44-11-10-39-19(2)37-27-6-5-22(15-25(27)32(39)41)38(3)16-20-8-9-35-29(40)13-20/h8-9,13,18,21-24,26,28,30-31,36H,4-7,10-12,14-17H2,1-3H3,(H,35,40)(H,42,43)/t18?,21?,22-,23?,24?,26?,28?,30?,31?/m0/s1. The number of aromatic nitrogens is 3. The second kappa shape index (κ2) is 13.9. The van der Waals surface area contributed by atoms with E-state index in [0.717, 1.165) is 61.2 Å². The van der Waals surface area contributed by atoms with E-state index in [2.05, 4.69) is 22.1 Å². The van der Waals surface area contributed by atoms with Gasteiger partial charge < -0.3 is 20.1 Å². The van der Waals surface area contributed by atoms with Crippen LogP contribution in [0.3, 0.4) is 0 Å². The highest BCUT2D eigenvalue weighted by Crippen LogP contribution is 2.48. The molecule has 6 rings (SSSR count). The molecular formula is C33H46ClN5O5S. The molecule has 2 aromatic rings. The topological polar surface area (TPSA) is 130 Å². The maximum absolute atomic E-state index is 13.8. The number of carboxylic acids is 1. The Hall–Kier alpha value is -2.18. The first-order chi connectivity index (χ1) is 21.6. The van der Waals surface area contributed by atoms with Gasteiger partial charge in [-0.15, -0.1) is 11.6 Å². The fraction of sp³-hybridized carbons (Fsp3) is 0.697. The Bertz CT molecular complexity index is 1500. The number of H-pyrrole nitrogens is 1. The number of halogens is 1. The van der Waals surface area contributed by atoms with Crippen LogP contribution >= 0.6 is 23.4 Å². The molecule has 2 aliphatic carbocycles. The second-order valence-electron chi connectivity index (χ2n) is 13.6. The van der Waals surface area contributed by atoms with Gasteiger partial charge in [-0.1, -0.05) is 0 Å². The number of alkyl halides is 1. The maximum Gasteiger partial charge on any atom is 0.308 e. The van der Waals surface area contributed by atoms with Crippen LogP contribution in [0.4, 0.5) is 0 Å². The third kappa shape index (κ3) is 7.07. The van der Waals surface area contributed by atoms with Gasteiger partial charge in [0.1, 0.15) is 5.82 Å². The van der Waals surface area contributed by atoms with Gasteiger partial charge in [0.05, 0.1) is 30.9 Å². The van der Waals surface area contributed by atoms with Gasteiger partial charge in [-0.2, -0.15) is 11.8 Å². The number of hydrogen-bond acceptors (Lipinski definition) is 8. The van der Waals surface area contributed by atoms with Crippen molar-refractivity contribution in [2.45, 2.75) is 107 Å². The molecule has 45 heavy (non-hydrogen) atoms. The summed E-state index contributed by atoms with van der Waals surface area (Å²) in [4.78, 5) is 47.3. The highest BCUT2D eigenvalue weighted by molar-refractivity contribution is 8.00. The van der Waals surface area contributed by atoms with Crippen LogP contribution in [0, 0.1) is 24.7 Å². The summed E-state index contributed by atoms with van der Waals surface area (Å²) >= 11 is 8.53. The van der Waals surface area contributed by atoms with Crippen molar-refractivity contribution in [2.24, 2.45) is 17.8 Å². The molecule has 4 heterocycles. The van der Waals surface area contributed by atoms with Crippen LogP contribution in [0.15, 0.2) is 27.9 Å². The number of carbonyl (C=O) groups is 1. The van der Waals surface area contributed by atoms with E-state index in [1.165, 1.54) is 0 Å². The molecule has 2 aliphatic heterocycles. The maximum atomic E-state index is 13.8. The van der Waals surface area contributed by atoms with E-state index in [0.29, 0.717) is 37.8 Å². The molecule has 8 unspecified atom stereocenters. The number of carboxylic acid groups (broad SMARTS) is 1. The average Bonchev–Trinajstić information content (AvgIpc) is 3.43. The van der Waals surface area contributed by atoms with E-state index in [-0.39, 0.29) is 57.8 Å². The van der Waals surface area contributed by atoms with Crippen LogP contribution in [-0.2, 0) is 35.5 Å². The molecule has 2 aromatic heterocycles. The SMILES string of the molecule is Cc1nc2c(c(=O)n1CCOC1CCC(Cl)CC1C1CC(C)NC3C(C(=O)O)CSC13)C[C@@H](N(C)Cc1cc[nH]c(=O)c1)CC2. The number of piperidine rings is 1. The lowest BCUT2D eigenvalue weighted by Gasteiger charge is -2.47. The first-order valence-corrected chi connectivity index (χ1v) is 17.9. The number of rotatable bonds is 9. The van der Waals surface area contributed by atoms with E-state index in [1.807, 2.05) is 20.0 Å². The molecule has 0 aromatic carbocycles. The Kier molecular flexibility index (Phi) is 10.1. The summed E-state index contributed by atoms with van der Waals surface area (Å²) in [6, 6.07) is 3.95. The molecule has 3 N–H and O–H groups in total. The van der Waals surface area contributed by atoms with Gasteiger partial charge in [-0.25, -0.2) is 4.98 Å². The molecule has 12 heteroatoms. The van der Waals surface area contributed by atoms with Crippen LogP contribution in [0.5, 0.6) is 0 Å². The van der Waals surface area contributed by atoms with Crippen molar-refractivity contribution < 1.29 is 14.6 Å². The summed E-state index contributed by atoms with van der Waals surface area (Å²) in [5.41, 5.74) is 2.55. The van der Waals surface area contributed by atoms with E-state index in [9.17, 15) is 19.5 Å². The Balaban J connectivity index is 1.12. The molecule has 3 fully saturated rings. The zero-order chi connectivity index (χ0) is 31.8. The molecule has 4 aliphatic rings. The van der Waals surface area contributed by atoms with Gasteiger partial charge in [0.2, 0.25) is 5.56 Å². The van der Waals surface area contributed by atoms with E-state index >= 15 is 0 Å². The molecule has 2 saturated heterocycles. The third-order valence-corrected chi connectivity index (χ3v) is 12.6. The van der Waals surface area contributed by atoms with Gasteiger partial charge in [-0.3, -0.25) is 23.9 Å². The van der Waals surface area contributed by atoms with E-state index in [4.69, 9.17) is 21.3 Å². The summed E-state index contributed by atoms with van der Waals surface area (Å²) in [5, 5.41) is 13.8. The van der Waals surface area contributed by atoms with Crippen molar-refractivity contribution in [3.63, 3.8) is 0 Å². The number of aliphatic carboxylic acids is 1. The lowest BCUT2D eigenvalue weighted by molar-refractivity contribution is -0.142. The first-order valence-electron chi connectivity index (χ1n) is 16.4. The summed E-state index contributed by atoms with van der Waals surface area (Å²) in [6.07, 6.45) is 7.64. The van der Waals surface area contributed by atoms with Gasteiger partial charge in [0.15, 0.2) is 0 Å². The van der Waals surface area contributed by atoms with Crippen LogP contribution in [0.25, 0.3) is 0 Å². The molecule has 10 nitrogen and oxygen atoms in total. The normalized spacial score (nSPS) is 33.1. The Morgan fingerprint density at radius 2 is 2.07 bits per heavy atom. The molecule has 0 spiro atoms. The first kappa shape index (κ1) is 32.7. The van der Waals surface area contributed by atoms with Gasteiger partial charge >= 0.3 is 5.97 Å². The number of pyridine rings is 1. The van der Waals surface area contributed by atoms with Crippen molar-refractivity contribution in [3.05, 3.63) is 61.7 Å². The molecule has 0 amide bonds. The van der Waals surface area contributed by atoms with Crippen molar-refractivity contribution >= 4 is 29.3 Å². The van der Waals surface area contributed by atoms with Gasteiger partial charge in [0.25, 0.3) is 5.56 Å². The van der Waals surface area contributed by atoms with Crippen molar-refractivity contribution in [3.8, 4) is 0 Å². The minimum Gasteiger partial charge on any atom is -0.481 e. The molecule has 1 saturated carbocycles. The number of hydrogen-bond donors (Lipinski definition) is 3. The molecule has 9 atom stereocenters. The number of nitrogens with one attached hydrogen (secondary N) is 2. The number of likely N-dealkylation sites (N-methyl/N-ethyl adjacent to an activating group) is 1. The fourth-order valence-corrected chi connectivity index (χ4v) is 10.5. The number of aromatic amines is 1. The highest BCUT2D eigenvalue weighted by atomic mass is 35.5. The van der Waals surface area contributed by atoms with Crippen LogP contribution < -0.4 is 16.4 Å². The smallest absolute Gasteiger partial charge is 0.308 e. The zero-order valence-electron chi connectivity index (χ0n) is 26.4. The number of nitrogens with zero attached hydrogens (tertiary/aromatic N) is 3. The number of ether oxygens (including phenoxy) is 1. The second-order valence-corrected chi connectivity index (χ2v) is 15.5. The van der Waals surface area contributed by atoms with Gasteiger partial charge in [-0.05, 0) is 89.3 Å². The summed E-state index contributed by atoms with van der Waals surface area (Å²) in [7, 11) is 2.05.